The lowest BCUT2D eigenvalue weighted by Gasteiger charge is -2.22. The number of nitrogens with two attached hydrogens (primary N) is 1. The Morgan fingerprint density at radius 3 is 2.68 bits per heavy atom. The van der Waals surface area contributed by atoms with E-state index in [9.17, 15) is 14.4 Å². The monoisotopic (exact) mass is 350 g/mol. The van der Waals surface area contributed by atoms with Gasteiger partial charge in [0.05, 0.1) is 13.0 Å². The molecule has 6 nitrogen and oxygen atoms in total. The molecule has 2 aliphatic rings. The summed E-state index contributed by atoms with van der Waals surface area (Å²) < 4.78 is 4.72. The summed E-state index contributed by atoms with van der Waals surface area (Å²) in [7, 11) is 1.43. The Labute approximate surface area is 149 Å². The number of hydrogen-bond donors (Lipinski definition) is 1. The lowest BCUT2D eigenvalue weighted by Crippen LogP contribution is -2.43. The number of ether oxygens (including phenoxy) is 1. The van der Waals surface area contributed by atoms with Crippen molar-refractivity contribution in [3.63, 3.8) is 0 Å². The van der Waals surface area contributed by atoms with Crippen LogP contribution in [0.25, 0.3) is 0 Å². The van der Waals surface area contributed by atoms with Gasteiger partial charge in [-0.3, -0.25) is 14.4 Å². The average Bonchev–Trinajstić information content (AvgIpc) is 3.18. The Morgan fingerprint density at radius 2 is 1.96 bits per heavy atom. The van der Waals surface area contributed by atoms with E-state index < -0.39 is 6.04 Å². The van der Waals surface area contributed by atoms with Crippen LogP contribution in [-0.4, -0.2) is 42.4 Å². The Balaban J connectivity index is 1.49. The number of carbonyl (C=O) groups excluding carboxylic acids is 3. The molecule has 2 amide bonds. The van der Waals surface area contributed by atoms with E-state index in [0.29, 0.717) is 25.3 Å². The zero-order chi connectivity index (χ0) is 18.2. The predicted octanol–water partition coefficient (Wildman–Crippen LogP) is 2.17. The Hall–Kier alpha value is -1.85. The van der Waals surface area contributed by atoms with Gasteiger partial charge in [0, 0.05) is 13.0 Å². The van der Waals surface area contributed by atoms with Gasteiger partial charge in [-0.1, -0.05) is 25.0 Å². The van der Waals surface area contributed by atoms with E-state index in [2.05, 4.69) is 12.2 Å². The summed E-state index contributed by atoms with van der Waals surface area (Å²) in [6.45, 7) is 0.658. The van der Waals surface area contributed by atoms with Crippen LogP contribution in [0.15, 0.2) is 12.2 Å². The maximum absolute atomic E-state index is 12.2. The second-order valence-electron chi connectivity index (χ2n) is 7.06. The first-order chi connectivity index (χ1) is 12.0. The lowest BCUT2D eigenvalue weighted by molar-refractivity contribution is -0.142. The van der Waals surface area contributed by atoms with Gasteiger partial charge in [-0.2, -0.15) is 0 Å². The molecule has 140 valence electrons. The van der Waals surface area contributed by atoms with Gasteiger partial charge in [0.2, 0.25) is 11.8 Å². The van der Waals surface area contributed by atoms with Gasteiger partial charge in [0.1, 0.15) is 6.04 Å². The highest BCUT2D eigenvalue weighted by molar-refractivity contribution is 5.87. The molecule has 0 aromatic rings. The Bertz CT molecular complexity index is 518. The summed E-state index contributed by atoms with van der Waals surface area (Å²) in [5.41, 5.74) is 5.34. The number of esters is 1. The molecule has 0 aromatic heterocycles. The van der Waals surface area contributed by atoms with Crippen molar-refractivity contribution >= 4 is 17.8 Å². The number of methoxy groups -OCH3 is 1. The van der Waals surface area contributed by atoms with Crippen LogP contribution >= 0.6 is 0 Å². The first kappa shape index (κ1) is 19.5. The summed E-state index contributed by atoms with van der Waals surface area (Å²) in [6, 6.07) is -0.395. The van der Waals surface area contributed by atoms with Crippen LogP contribution < -0.4 is 5.73 Å². The maximum atomic E-state index is 12.2. The molecule has 1 saturated heterocycles. The van der Waals surface area contributed by atoms with E-state index in [4.69, 9.17) is 10.5 Å². The second kappa shape index (κ2) is 9.59. The summed E-state index contributed by atoms with van der Waals surface area (Å²) in [5, 5.41) is 0. The fourth-order valence-electron chi connectivity index (χ4n) is 3.52. The molecule has 1 aliphatic carbocycles. The van der Waals surface area contributed by atoms with E-state index >= 15 is 0 Å². The van der Waals surface area contributed by atoms with Crippen LogP contribution in [0.2, 0.25) is 0 Å². The molecule has 0 bridgehead atoms. The first-order valence-corrected chi connectivity index (χ1v) is 9.38. The third-order valence-corrected chi connectivity index (χ3v) is 5.14. The van der Waals surface area contributed by atoms with Crippen LogP contribution in [0, 0.1) is 11.8 Å². The van der Waals surface area contributed by atoms with Gasteiger partial charge in [-0.15, -0.1) is 0 Å². The first-order valence-electron chi connectivity index (χ1n) is 9.38. The number of rotatable bonds is 10. The Morgan fingerprint density at radius 1 is 1.20 bits per heavy atom. The van der Waals surface area contributed by atoms with Crippen LogP contribution in [0.3, 0.4) is 0 Å². The quantitative estimate of drug-likeness (QED) is 0.371. The molecule has 3 atom stereocenters. The van der Waals surface area contributed by atoms with E-state index in [1.54, 1.807) is 4.90 Å². The number of unbranched alkanes of at least 4 members (excludes halogenated alkanes) is 4. The van der Waals surface area contributed by atoms with Gasteiger partial charge < -0.3 is 15.4 Å². The highest BCUT2D eigenvalue weighted by Gasteiger charge is 2.41. The summed E-state index contributed by atoms with van der Waals surface area (Å²) in [6.07, 6.45) is 12.3. The van der Waals surface area contributed by atoms with Gasteiger partial charge in [-0.05, 0) is 44.4 Å². The highest BCUT2D eigenvalue weighted by Crippen LogP contribution is 2.40. The standard InChI is InChI=1S/C19H30N2O4/c1-25-19(24)15-13-14(15)9-6-4-2-3-5-7-11-17(22)21-12-8-10-16(21)18(20)23/h6,9,14-16H,2-5,7-8,10-13H2,1H3,(H2,20,23)/b9-6-/t14-,15+,16+/m1/s1. The molecule has 6 heteroatoms. The lowest BCUT2D eigenvalue weighted by atomic mass is 10.1. The molecule has 1 saturated carbocycles. The number of likely N-dealkylation sites (tertiary alicyclic amines) is 1. The van der Waals surface area contributed by atoms with Gasteiger partial charge in [0.25, 0.3) is 0 Å². The SMILES string of the molecule is COC(=O)[C@H]1C[C@H]1/C=C\CCCCCCC(=O)N1CCC[C@H]1C(N)=O. The number of primary amides is 1. The van der Waals surface area contributed by atoms with Crippen molar-refractivity contribution in [1.29, 1.82) is 0 Å². The molecule has 2 fully saturated rings. The zero-order valence-corrected chi connectivity index (χ0v) is 15.1. The van der Waals surface area contributed by atoms with E-state index in [-0.39, 0.29) is 23.7 Å². The third kappa shape index (κ3) is 5.87. The normalized spacial score (nSPS) is 25.3. The topological polar surface area (TPSA) is 89.7 Å². The van der Waals surface area contributed by atoms with Gasteiger partial charge in [0.15, 0.2) is 0 Å². The van der Waals surface area contributed by atoms with Crippen molar-refractivity contribution in [1.82, 2.24) is 4.90 Å². The highest BCUT2D eigenvalue weighted by atomic mass is 16.5. The molecule has 0 aromatic carbocycles. The van der Waals surface area contributed by atoms with Crippen molar-refractivity contribution < 1.29 is 19.1 Å². The van der Waals surface area contributed by atoms with Crippen LogP contribution in [-0.2, 0) is 19.1 Å². The van der Waals surface area contributed by atoms with E-state index in [1.165, 1.54) is 7.11 Å². The van der Waals surface area contributed by atoms with E-state index in [1.807, 2.05) is 0 Å². The van der Waals surface area contributed by atoms with Crippen LogP contribution in [0.5, 0.6) is 0 Å². The summed E-state index contributed by atoms with van der Waals surface area (Å²) in [5.74, 6) is 0.00762. The smallest absolute Gasteiger partial charge is 0.309 e. The van der Waals surface area contributed by atoms with Crippen molar-refractivity contribution in [3.05, 3.63) is 12.2 Å². The largest absolute Gasteiger partial charge is 0.469 e. The van der Waals surface area contributed by atoms with Crippen molar-refractivity contribution in [2.24, 2.45) is 17.6 Å². The zero-order valence-electron chi connectivity index (χ0n) is 15.1. The molecular weight excluding hydrogens is 320 g/mol. The van der Waals surface area contributed by atoms with Crippen molar-refractivity contribution in [2.45, 2.75) is 63.8 Å². The summed E-state index contributed by atoms with van der Waals surface area (Å²) >= 11 is 0. The fraction of sp³-hybridized carbons (Fsp3) is 0.737. The molecule has 1 heterocycles. The maximum Gasteiger partial charge on any atom is 0.309 e. The van der Waals surface area contributed by atoms with Crippen molar-refractivity contribution in [3.8, 4) is 0 Å². The fourth-order valence-corrected chi connectivity index (χ4v) is 3.52. The number of allylic oxidation sites excluding steroid dienone is 2. The minimum Gasteiger partial charge on any atom is -0.469 e. The molecule has 25 heavy (non-hydrogen) atoms. The summed E-state index contributed by atoms with van der Waals surface area (Å²) in [4.78, 5) is 36.4. The minimum atomic E-state index is -0.395. The third-order valence-electron chi connectivity index (χ3n) is 5.14. The molecular formula is C19H30N2O4. The minimum absolute atomic E-state index is 0.0591. The van der Waals surface area contributed by atoms with Crippen molar-refractivity contribution in [2.75, 3.05) is 13.7 Å². The van der Waals surface area contributed by atoms with Gasteiger partial charge in [-0.25, -0.2) is 0 Å². The molecule has 2 rings (SSSR count). The molecule has 1 aliphatic heterocycles. The van der Waals surface area contributed by atoms with E-state index in [0.717, 1.165) is 44.9 Å². The molecule has 2 N–H and O–H groups in total. The number of hydrogen-bond acceptors (Lipinski definition) is 4. The molecule has 0 radical (unpaired) electrons. The number of nitrogens with zero attached hydrogens (tertiary/aromatic N) is 1. The average molecular weight is 350 g/mol. The number of amides is 2. The number of carbonyl (C=O) groups is 3. The van der Waals surface area contributed by atoms with Crippen LogP contribution in [0.4, 0.5) is 0 Å². The van der Waals surface area contributed by atoms with Gasteiger partial charge >= 0.3 is 5.97 Å². The van der Waals surface area contributed by atoms with Crippen LogP contribution in [0.1, 0.15) is 57.8 Å². The second-order valence-corrected chi connectivity index (χ2v) is 7.06. The Kier molecular flexibility index (Phi) is 7.47. The molecule has 0 spiro atoms. The predicted molar refractivity (Wildman–Crippen MR) is 94.4 cm³/mol. The molecule has 0 unspecified atom stereocenters.